The van der Waals surface area contributed by atoms with Crippen LogP contribution < -0.4 is 17.0 Å². The molecular weight excluding hydrogens is 465 g/mol. The summed E-state index contributed by atoms with van der Waals surface area (Å²) in [5, 5.41) is 14.1. The molecule has 1 unspecified atom stereocenters. The molecule has 6 N–H and O–H groups in total. The number of hydrogen-bond acceptors (Lipinski definition) is 9. The molecule has 0 aromatic carbocycles. The number of ether oxygens (including phenoxy) is 1. The Labute approximate surface area is 186 Å². The molecule has 1 fully saturated rings. The van der Waals surface area contributed by atoms with E-state index in [0.29, 0.717) is 0 Å². The average molecular weight is 491 g/mol. The molecule has 0 radical (unpaired) electrons. The molecule has 17 heteroatoms. The maximum atomic E-state index is 12.3. The fourth-order valence-corrected chi connectivity index (χ4v) is 3.70. The summed E-state index contributed by atoms with van der Waals surface area (Å²) in [4.78, 5) is 64.4. The Morgan fingerprint density at radius 2 is 2.15 bits per heavy atom. The summed E-state index contributed by atoms with van der Waals surface area (Å²) in [6.45, 7) is 3.75. The largest absolute Gasteiger partial charge is 0.456 e. The van der Waals surface area contributed by atoms with Crippen molar-refractivity contribution in [2.75, 3.05) is 6.61 Å². The number of azide groups is 1. The molecule has 33 heavy (non-hydrogen) atoms. The number of rotatable bonds is 9. The summed E-state index contributed by atoms with van der Waals surface area (Å²) >= 11 is 0. The first kappa shape index (κ1) is 26.7. The van der Waals surface area contributed by atoms with Crippen molar-refractivity contribution in [3.05, 3.63) is 43.0 Å². The van der Waals surface area contributed by atoms with Crippen LogP contribution in [0, 0.1) is 12.8 Å². The molecule has 5 atom stereocenters. The lowest BCUT2D eigenvalue weighted by molar-refractivity contribution is -0.181. The summed E-state index contributed by atoms with van der Waals surface area (Å²) in [7, 11) is -5.25. The molecule has 1 aliphatic heterocycles. The van der Waals surface area contributed by atoms with Gasteiger partial charge in [-0.3, -0.25) is 24.0 Å². The first-order valence-electron chi connectivity index (χ1n) is 9.76. The Bertz CT molecular complexity index is 1080. The number of hydrogen-bond donors (Lipinski definition) is 5. The second kappa shape index (κ2) is 10.6. The molecule has 2 heterocycles. The number of aromatic amines is 1. The van der Waals surface area contributed by atoms with Gasteiger partial charge in [0, 0.05) is 23.1 Å². The molecule has 0 saturated carbocycles. The molecule has 2 rings (SSSR count). The molecule has 1 aromatic rings. The minimum atomic E-state index is -5.25. The third kappa shape index (κ3) is 6.28. The van der Waals surface area contributed by atoms with Gasteiger partial charge in [-0.05, 0) is 18.4 Å². The number of nitrogens with zero attached hydrogens (tertiary/aromatic N) is 5. The van der Waals surface area contributed by atoms with Crippen LogP contribution in [0.4, 0.5) is 0 Å². The monoisotopic (exact) mass is 491 g/mol. The third-order valence-corrected chi connectivity index (χ3v) is 5.75. The normalized spacial score (nSPS) is 22.6. The summed E-state index contributed by atoms with van der Waals surface area (Å²) in [5.41, 5.74) is 13.3. The van der Waals surface area contributed by atoms with Crippen molar-refractivity contribution < 1.29 is 33.8 Å². The van der Waals surface area contributed by atoms with Crippen molar-refractivity contribution in [3.63, 3.8) is 0 Å². The Hall–Kier alpha value is -2.55. The fourth-order valence-electron chi connectivity index (χ4n) is 3.10. The quantitative estimate of drug-likeness (QED) is 0.0927. The van der Waals surface area contributed by atoms with Gasteiger partial charge >= 0.3 is 13.4 Å². The Morgan fingerprint density at radius 1 is 1.52 bits per heavy atom. The van der Waals surface area contributed by atoms with Crippen LogP contribution in [0.2, 0.25) is 0 Å². The number of hydroxylamine groups is 1. The Morgan fingerprint density at radius 3 is 2.70 bits per heavy atom. The van der Waals surface area contributed by atoms with E-state index in [0.717, 1.165) is 4.57 Å². The number of aromatic nitrogens is 2. The van der Waals surface area contributed by atoms with Gasteiger partial charge in [0.1, 0.15) is 18.9 Å². The van der Waals surface area contributed by atoms with Crippen LogP contribution in [0.25, 0.3) is 10.4 Å². The van der Waals surface area contributed by atoms with Crippen molar-refractivity contribution in [2.45, 2.75) is 57.7 Å². The van der Waals surface area contributed by atoms with Gasteiger partial charge in [0.25, 0.3) is 11.5 Å². The lowest BCUT2D eigenvalue weighted by atomic mass is 10.1. The van der Waals surface area contributed by atoms with Crippen LogP contribution in [0.5, 0.6) is 0 Å². The van der Waals surface area contributed by atoms with Gasteiger partial charge in [0.05, 0.1) is 18.2 Å². The van der Waals surface area contributed by atoms with Gasteiger partial charge in [-0.25, -0.2) is 9.36 Å². The number of aryl methyl sites for hydroxylation is 1. The molecule has 0 aliphatic carbocycles. The number of nitrogens with two attached hydrogens (primary N) is 1. The first-order valence-corrected chi connectivity index (χ1v) is 11.3. The Balaban J connectivity index is 2.22. The zero-order valence-electron chi connectivity index (χ0n) is 18.0. The molecule has 1 saturated heterocycles. The van der Waals surface area contributed by atoms with Crippen molar-refractivity contribution >= 4 is 13.7 Å². The molecule has 0 spiro atoms. The van der Waals surface area contributed by atoms with Gasteiger partial charge < -0.3 is 25.4 Å². The number of carbonyl (C=O) groups excluding carboxylic acids is 1. The van der Waals surface area contributed by atoms with Crippen LogP contribution in [-0.4, -0.2) is 66.1 Å². The average Bonchev–Trinajstić information content (AvgIpc) is 3.12. The highest BCUT2D eigenvalue weighted by Gasteiger charge is 2.42. The van der Waals surface area contributed by atoms with Crippen LogP contribution in [0.1, 0.15) is 32.1 Å². The number of aliphatic hydroxyl groups excluding tert-OH is 1. The highest BCUT2D eigenvalue weighted by atomic mass is 31.2. The highest BCUT2D eigenvalue weighted by Crippen LogP contribution is 2.41. The zero-order chi connectivity index (χ0) is 25.1. The van der Waals surface area contributed by atoms with Crippen molar-refractivity contribution in [3.8, 4) is 0 Å². The predicted molar refractivity (Wildman–Crippen MR) is 111 cm³/mol. The lowest BCUT2D eigenvalue weighted by Crippen LogP contribution is -2.47. The number of nitrogens with one attached hydrogen (secondary N) is 1. The van der Waals surface area contributed by atoms with E-state index in [2.05, 4.69) is 15.0 Å². The van der Waals surface area contributed by atoms with E-state index in [1.54, 1.807) is 13.8 Å². The second-order valence-electron chi connectivity index (χ2n) is 7.80. The first-order chi connectivity index (χ1) is 15.3. The van der Waals surface area contributed by atoms with Crippen LogP contribution >= 0.6 is 7.75 Å². The van der Waals surface area contributed by atoms with Crippen LogP contribution in [-0.2, 0) is 18.9 Å². The van der Waals surface area contributed by atoms with Gasteiger partial charge in [0.15, 0.2) is 0 Å². The third-order valence-electron chi connectivity index (χ3n) is 4.97. The van der Waals surface area contributed by atoms with E-state index in [4.69, 9.17) is 20.8 Å². The molecule has 184 valence electrons. The van der Waals surface area contributed by atoms with Crippen molar-refractivity contribution in [2.24, 2.45) is 16.8 Å². The minimum Gasteiger partial charge on any atom is -0.388 e. The number of amides is 1. The molecule has 16 nitrogen and oxygen atoms in total. The maximum absolute atomic E-state index is 12.3. The lowest BCUT2D eigenvalue weighted by Gasteiger charge is -2.28. The summed E-state index contributed by atoms with van der Waals surface area (Å²) in [5.74, 6) is -1.66. The molecule has 1 amide bonds. The summed E-state index contributed by atoms with van der Waals surface area (Å²) in [6, 6.07) is -2.29. The standard InChI is InChI=1S/C16H26N7O9P/c1-7(2)12(17)15(26)23(33(28,29)30)31-6-10(24)13-9(20-21-18)4-11(32-13)22-5-8(3)14(25)19-16(22)27/h5,7,9-13,24H,4,6,17H2,1-3H3,(H,19,25,27)(H2,28,29,30)/t9-,10?,11+,12-,13-/m0/s1. The number of aliphatic hydroxyl groups is 1. The van der Waals surface area contributed by atoms with Crippen LogP contribution in [0.3, 0.4) is 0 Å². The van der Waals surface area contributed by atoms with E-state index in [-0.39, 0.29) is 16.8 Å². The van der Waals surface area contributed by atoms with E-state index in [9.17, 15) is 33.8 Å². The zero-order valence-corrected chi connectivity index (χ0v) is 18.9. The summed E-state index contributed by atoms with van der Waals surface area (Å²) < 4.78 is 18.4. The van der Waals surface area contributed by atoms with Gasteiger partial charge in [-0.2, -0.15) is 0 Å². The highest BCUT2D eigenvalue weighted by molar-refractivity contribution is 7.49. The number of carbonyl (C=O) groups is 1. The molecule has 1 aliphatic rings. The van der Waals surface area contributed by atoms with Crippen molar-refractivity contribution in [1.29, 1.82) is 0 Å². The summed E-state index contributed by atoms with van der Waals surface area (Å²) in [6.07, 6.45) is -2.75. The van der Waals surface area contributed by atoms with Gasteiger partial charge in [-0.15, -0.1) is 4.83 Å². The van der Waals surface area contributed by atoms with Crippen LogP contribution in [0.15, 0.2) is 20.9 Å². The maximum Gasteiger partial charge on any atom is 0.456 e. The Kier molecular flexibility index (Phi) is 8.57. The molecule has 0 bridgehead atoms. The number of H-pyrrole nitrogens is 1. The van der Waals surface area contributed by atoms with Crippen molar-refractivity contribution in [1.82, 2.24) is 14.4 Å². The smallest absolute Gasteiger partial charge is 0.388 e. The van der Waals surface area contributed by atoms with Gasteiger partial charge in [0.2, 0.25) is 0 Å². The fraction of sp³-hybridized carbons (Fsp3) is 0.688. The minimum absolute atomic E-state index is 0.0590. The topological polar surface area (TPSA) is 246 Å². The predicted octanol–water partition coefficient (Wildman–Crippen LogP) is -0.991. The second-order valence-corrected chi connectivity index (χ2v) is 9.19. The van der Waals surface area contributed by atoms with E-state index >= 15 is 0 Å². The molecular formula is C16H26N7O9P. The SMILES string of the molecule is Cc1cn([C@H]2C[C@H](N=[N+]=[N-])[C@@H](C(O)CON(C(=O)[C@@H](N)C(C)C)P(=O)(O)O)O2)c(=O)[nH]c1=O. The van der Waals surface area contributed by atoms with E-state index < -0.39 is 67.9 Å². The molecule has 1 aromatic heterocycles. The van der Waals surface area contributed by atoms with Gasteiger partial charge in [-0.1, -0.05) is 19.0 Å². The van der Waals surface area contributed by atoms with E-state index in [1.807, 2.05) is 0 Å². The van der Waals surface area contributed by atoms with E-state index in [1.165, 1.54) is 13.1 Å².